The van der Waals surface area contributed by atoms with Gasteiger partial charge in [-0.2, -0.15) is 0 Å². The van der Waals surface area contributed by atoms with Crippen molar-refractivity contribution < 1.29 is 4.79 Å². The smallest absolute Gasteiger partial charge is 0.248 e. The van der Waals surface area contributed by atoms with Crippen molar-refractivity contribution in [3.05, 3.63) is 54.8 Å². The van der Waals surface area contributed by atoms with Crippen LogP contribution in [0.5, 0.6) is 0 Å². The molecule has 2 N–H and O–H groups in total. The predicted molar refractivity (Wildman–Crippen MR) is 96.7 cm³/mol. The van der Waals surface area contributed by atoms with Gasteiger partial charge in [0.15, 0.2) is 0 Å². The number of carbonyl (C=O) groups excluding carboxylic acids is 1. The van der Waals surface area contributed by atoms with Crippen LogP contribution in [0.25, 0.3) is 17.0 Å². The molecule has 3 aromatic rings. The molecule has 0 radical (unpaired) electrons. The van der Waals surface area contributed by atoms with Gasteiger partial charge < -0.3 is 19.8 Å². The van der Waals surface area contributed by atoms with Gasteiger partial charge in [0.1, 0.15) is 0 Å². The van der Waals surface area contributed by atoms with E-state index in [4.69, 9.17) is 0 Å². The van der Waals surface area contributed by atoms with E-state index in [0.29, 0.717) is 0 Å². The molecule has 6 heteroatoms. The summed E-state index contributed by atoms with van der Waals surface area (Å²) in [5, 5.41) is 4.06. The van der Waals surface area contributed by atoms with Crippen LogP contribution in [0, 0.1) is 0 Å². The number of fused-ring (bicyclic) bond motifs is 1. The van der Waals surface area contributed by atoms with Crippen molar-refractivity contribution in [1.82, 2.24) is 19.4 Å². The average Bonchev–Trinajstić information content (AvgIpc) is 3.20. The van der Waals surface area contributed by atoms with E-state index in [1.54, 1.807) is 18.6 Å². The first kappa shape index (κ1) is 16.0. The molecule has 0 atom stereocenters. The number of hydrogen-bond acceptors (Lipinski definition) is 3. The molecular formula is C18H21N5O. The number of benzene rings is 1. The minimum atomic E-state index is -0.171. The van der Waals surface area contributed by atoms with Crippen LogP contribution in [0.1, 0.15) is 5.69 Å². The SMILES string of the molecule is CN(C)CCn1ccc2ccc(NC(=O)/C=C/c3cnc[nH]3)cc21. The van der Waals surface area contributed by atoms with Crippen molar-refractivity contribution in [2.24, 2.45) is 0 Å². The largest absolute Gasteiger partial charge is 0.346 e. The predicted octanol–water partition coefficient (Wildman–Crippen LogP) is 2.58. The number of amides is 1. The number of carbonyl (C=O) groups is 1. The molecule has 0 bridgehead atoms. The maximum Gasteiger partial charge on any atom is 0.248 e. The summed E-state index contributed by atoms with van der Waals surface area (Å²) in [5.41, 5.74) is 2.69. The lowest BCUT2D eigenvalue weighted by Crippen LogP contribution is -2.17. The number of aromatic nitrogens is 3. The monoisotopic (exact) mass is 323 g/mol. The van der Waals surface area contributed by atoms with Gasteiger partial charge in [-0.1, -0.05) is 6.07 Å². The lowest BCUT2D eigenvalue weighted by atomic mass is 10.2. The lowest BCUT2D eigenvalue weighted by Gasteiger charge is -2.11. The summed E-state index contributed by atoms with van der Waals surface area (Å²) >= 11 is 0. The van der Waals surface area contributed by atoms with E-state index >= 15 is 0 Å². The molecular weight excluding hydrogens is 302 g/mol. The van der Waals surface area contributed by atoms with E-state index in [2.05, 4.69) is 51.1 Å². The van der Waals surface area contributed by atoms with E-state index in [9.17, 15) is 4.79 Å². The molecule has 0 saturated heterocycles. The number of nitrogens with zero attached hydrogens (tertiary/aromatic N) is 3. The Balaban J connectivity index is 1.72. The van der Waals surface area contributed by atoms with Gasteiger partial charge in [-0.3, -0.25) is 4.79 Å². The minimum absolute atomic E-state index is 0.171. The lowest BCUT2D eigenvalue weighted by molar-refractivity contribution is -0.111. The molecule has 0 unspecified atom stereocenters. The fraction of sp³-hybridized carbons (Fsp3) is 0.222. The average molecular weight is 323 g/mol. The maximum absolute atomic E-state index is 12.0. The Labute approximate surface area is 140 Å². The zero-order valence-corrected chi connectivity index (χ0v) is 13.9. The molecule has 0 aliphatic carbocycles. The Morgan fingerprint density at radius 2 is 2.25 bits per heavy atom. The van der Waals surface area contributed by atoms with Crippen molar-refractivity contribution in [3.63, 3.8) is 0 Å². The quantitative estimate of drug-likeness (QED) is 0.685. The van der Waals surface area contributed by atoms with E-state index < -0.39 is 0 Å². The van der Waals surface area contributed by atoms with Crippen LogP contribution in [0.4, 0.5) is 5.69 Å². The van der Waals surface area contributed by atoms with E-state index in [1.807, 2.05) is 18.2 Å². The fourth-order valence-electron chi connectivity index (χ4n) is 2.47. The third-order valence-corrected chi connectivity index (χ3v) is 3.76. The molecule has 24 heavy (non-hydrogen) atoms. The summed E-state index contributed by atoms with van der Waals surface area (Å²) < 4.78 is 2.20. The molecule has 0 aliphatic rings. The van der Waals surface area contributed by atoms with Gasteiger partial charge in [0.25, 0.3) is 0 Å². The van der Waals surface area contributed by atoms with Crippen LogP contribution in [0.2, 0.25) is 0 Å². The molecule has 124 valence electrons. The van der Waals surface area contributed by atoms with Crippen molar-refractivity contribution in [2.45, 2.75) is 6.54 Å². The molecule has 0 spiro atoms. The summed E-state index contributed by atoms with van der Waals surface area (Å²) in [6, 6.07) is 8.04. The van der Waals surface area contributed by atoms with Crippen LogP contribution in [-0.4, -0.2) is 46.0 Å². The van der Waals surface area contributed by atoms with E-state index in [-0.39, 0.29) is 5.91 Å². The van der Waals surface area contributed by atoms with E-state index in [0.717, 1.165) is 30.0 Å². The van der Waals surface area contributed by atoms with Crippen LogP contribution >= 0.6 is 0 Å². The van der Waals surface area contributed by atoms with Crippen LogP contribution in [0.3, 0.4) is 0 Å². The molecule has 2 aromatic heterocycles. The molecule has 1 amide bonds. The van der Waals surface area contributed by atoms with Gasteiger partial charge >= 0.3 is 0 Å². The number of anilines is 1. The number of nitrogens with one attached hydrogen (secondary N) is 2. The van der Waals surface area contributed by atoms with Crippen LogP contribution in [0.15, 0.2) is 49.1 Å². The van der Waals surface area contributed by atoms with Crippen molar-refractivity contribution in [1.29, 1.82) is 0 Å². The van der Waals surface area contributed by atoms with E-state index in [1.165, 1.54) is 11.5 Å². The minimum Gasteiger partial charge on any atom is -0.346 e. The first-order valence-corrected chi connectivity index (χ1v) is 7.83. The Morgan fingerprint density at radius 1 is 1.38 bits per heavy atom. The number of rotatable bonds is 6. The Morgan fingerprint density at radius 3 is 3.00 bits per heavy atom. The van der Waals surface area contributed by atoms with Crippen LogP contribution < -0.4 is 5.32 Å². The molecule has 2 heterocycles. The van der Waals surface area contributed by atoms with Gasteiger partial charge in [-0.15, -0.1) is 0 Å². The number of H-pyrrole nitrogens is 1. The standard InChI is InChI=1S/C18H21N5O/c1-22(2)9-10-23-8-7-14-3-4-15(11-17(14)23)21-18(24)6-5-16-12-19-13-20-16/h3-8,11-13H,9-10H2,1-2H3,(H,19,20)(H,21,24)/b6-5+. The van der Waals surface area contributed by atoms with Gasteiger partial charge in [-0.05, 0) is 43.8 Å². The highest BCUT2D eigenvalue weighted by atomic mass is 16.1. The van der Waals surface area contributed by atoms with Crippen molar-refractivity contribution in [3.8, 4) is 0 Å². The highest BCUT2D eigenvalue weighted by Gasteiger charge is 2.04. The van der Waals surface area contributed by atoms with Crippen molar-refractivity contribution in [2.75, 3.05) is 26.0 Å². The van der Waals surface area contributed by atoms with Gasteiger partial charge in [-0.25, -0.2) is 4.98 Å². The summed E-state index contributed by atoms with van der Waals surface area (Å²) in [5.74, 6) is -0.171. The Bertz CT molecular complexity index is 846. The zero-order valence-electron chi connectivity index (χ0n) is 13.9. The van der Waals surface area contributed by atoms with Gasteiger partial charge in [0.2, 0.25) is 5.91 Å². The molecule has 1 aromatic carbocycles. The molecule has 0 fully saturated rings. The zero-order chi connectivity index (χ0) is 16.9. The third kappa shape index (κ3) is 3.91. The third-order valence-electron chi connectivity index (χ3n) is 3.76. The first-order valence-electron chi connectivity index (χ1n) is 7.83. The Hall–Kier alpha value is -2.86. The van der Waals surface area contributed by atoms with Crippen LogP contribution in [-0.2, 0) is 11.3 Å². The first-order chi connectivity index (χ1) is 11.6. The molecule has 0 saturated carbocycles. The molecule has 0 aliphatic heterocycles. The fourth-order valence-corrected chi connectivity index (χ4v) is 2.47. The highest BCUT2D eigenvalue weighted by Crippen LogP contribution is 2.20. The summed E-state index contributed by atoms with van der Waals surface area (Å²) in [6.45, 7) is 1.88. The number of imidazole rings is 1. The topological polar surface area (TPSA) is 65.9 Å². The maximum atomic E-state index is 12.0. The van der Waals surface area contributed by atoms with Crippen molar-refractivity contribution >= 4 is 28.6 Å². The summed E-state index contributed by atoms with van der Waals surface area (Å²) in [7, 11) is 4.12. The second-order valence-corrected chi connectivity index (χ2v) is 5.92. The highest BCUT2D eigenvalue weighted by molar-refractivity contribution is 6.02. The summed E-state index contributed by atoms with van der Waals surface area (Å²) in [6.07, 6.45) is 8.50. The number of likely N-dealkylation sites (N-methyl/N-ethyl adjacent to an activating group) is 1. The Kier molecular flexibility index (Phi) is 4.77. The molecule has 3 rings (SSSR count). The number of aromatic amines is 1. The second-order valence-electron chi connectivity index (χ2n) is 5.92. The van der Waals surface area contributed by atoms with Gasteiger partial charge in [0, 0.05) is 31.0 Å². The summed E-state index contributed by atoms with van der Waals surface area (Å²) in [4.78, 5) is 21.0. The number of hydrogen-bond donors (Lipinski definition) is 2. The normalized spacial score (nSPS) is 11.6. The van der Waals surface area contributed by atoms with Gasteiger partial charge in [0.05, 0.1) is 23.7 Å². The second kappa shape index (κ2) is 7.14. The molecule has 6 nitrogen and oxygen atoms in total.